The second kappa shape index (κ2) is 5.12. The van der Waals surface area contributed by atoms with Crippen LogP contribution in [0.1, 0.15) is 56.9 Å². The van der Waals surface area contributed by atoms with Crippen molar-refractivity contribution in [2.24, 2.45) is 11.3 Å². The largest absolute Gasteiger partial charge is 0.348 e. The second-order valence-electron chi connectivity index (χ2n) is 6.31. The zero-order valence-corrected chi connectivity index (χ0v) is 11.5. The predicted molar refractivity (Wildman–Crippen MR) is 71.3 cm³/mol. The molecule has 4 nitrogen and oxygen atoms in total. The van der Waals surface area contributed by atoms with Crippen molar-refractivity contribution in [3.63, 3.8) is 0 Å². The normalized spacial score (nSPS) is 24.8. The summed E-state index contributed by atoms with van der Waals surface area (Å²) in [5.41, 5.74) is 0.792. The van der Waals surface area contributed by atoms with Crippen LogP contribution in [0.25, 0.3) is 0 Å². The molecule has 0 bridgehead atoms. The van der Waals surface area contributed by atoms with Crippen molar-refractivity contribution >= 4 is 5.91 Å². The van der Waals surface area contributed by atoms with Gasteiger partial charge in [-0.15, -0.1) is 0 Å². The number of carbonyl (C=O) groups excluding carboxylic acids is 1. The van der Waals surface area contributed by atoms with Crippen molar-refractivity contribution in [3.05, 3.63) is 18.0 Å². The minimum Gasteiger partial charge on any atom is -0.348 e. The molecular weight excluding hydrogens is 226 g/mol. The smallest absolute Gasteiger partial charge is 0.269 e. The minimum atomic E-state index is -0.0337. The van der Waals surface area contributed by atoms with E-state index in [1.54, 1.807) is 12.3 Å². The number of H-pyrrole nitrogens is 1. The number of hydrogen-bond acceptors (Lipinski definition) is 2. The van der Waals surface area contributed by atoms with Crippen LogP contribution in [0.2, 0.25) is 0 Å². The highest BCUT2D eigenvalue weighted by molar-refractivity contribution is 5.92. The quantitative estimate of drug-likeness (QED) is 0.846. The molecule has 2 unspecified atom stereocenters. The maximum absolute atomic E-state index is 12.1. The third-order valence-corrected chi connectivity index (χ3v) is 3.94. The molecule has 1 heterocycles. The molecule has 1 aliphatic carbocycles. The van der Waals surface area contributed by atoms with Crippen LogP contribution in [0, 0.1) is 11.3 Å². The Balaban J connectivity index is 2.04. The van der Waals surface area contributed by atoms with Gasteiger partial charge < -0.3 is 5.32 Å². The van der Waals surface area contributed by atoms with Crippen molar-refractivity contribution in [1.29, 1.82) is 0 Å². The van der Waals surface area contributed by atoms with Crippen LogP contribution in [0.3, 0.4) is 0 Å². The summed E-state index contributed by atoms with van der Waals surface area (Å²) >= 11 is 0. The standard InChI is InChI=1S/C14H23N3O/c1-14(2,3)10-6-4-5-7-11(10)16-13(18)12-8-9-15-17-12/h8-11H,4-7H2,1-3H3,(H,15,17)(H,16,18). The number of carbonyl (C=O) groups is 1. The molecule has 0 spiro atoms. The Morgan fingerprint density at radius 2 is 2.11 bits per heavy atom. The van der Waals surface area contributed by atoms with Crippen molar-refractivity contribution in [2.75, 3.05) is 0 Å². The number of nitrogens with one attached hydrogen (secondary N) is 2. The summed E-state index contributed by atoms with van der Waals surface area (Å²) in [5, 5.41) is 9.70. The third kappa shape index (κ3) is 2.92. The first kappa shape index (κ1) is 13.1. The molecule has 100 valence electrons. The van der Waals surface area contributed by atoms with Gasteiger partial charge in [-0.2, -0.15) is 5.10 Å². The first-order chi connectivity index (χ1) is 8.48. The molecule has 1 aromatic rings. The first-order valence-corrected chi connectivity index (χ1v) is 6.79. The van der Waals surface area contributed by atoms with Crippen LogP contribution < -0.4 is 5.32 Å². The minimum absolute atomic E-state index is 0.0337. The Bertz CT molecular complexity index is 392. The lowest BCUT2D eigenvalue weighted by atomic mass is 9.69. The molecule has 1 amide bonds. The summed E-state index contributed by atoms with van der Waals surface area (Å²) in [4.78, 5) is 12.1. The maximum Gasteiger partial charge on any atom is 0.269 e. The lowest BCUT2D eigenvalue weighted by molar-refractivity contribution is 0.0825. The molecule has 0 radical (unpaired) electrons. The Labute approximate surface area is 109 Å². The van der Waals surface area contributed by atoms with E-state index in [2.05, 4.69) is 36.3 Å². The molecule has 1 aromatic heterocycles. The number of nitrogens with zero attached hydrogens (tertiary/aromatic N) is 1. The fourth-order valence-electron chi connectivity index (χ4n) is 2.97. The van der Waals surface area contributed by atoms with Gasteiger partial charge in [0.25, 0.3) is 5.91 Å². The van der Waals surface area contributed by atoms with E-state index in [0.29, 0.717) is 11.6 Å². The van der Waals surface area contributed by atoms with E-state index in [4.69, 9.17) is 0 Å². The molecular formula is C14H23N3O. The molecule has 0 aromatic carbocycles. The first-order valence-electron chi connectivity index (χ1n) is 6.79. The van der Waals surface area contributed by atoms with Crippen LogP contribution in [0.5, 0.6) is 0 Å². The van der Waals surface area contributed by atoms with Crippen LogP contribution in [0.4, 0.5) is 0 Å². The predicted octanol–water partition coefficient (Wildman–Crippen LogP) is 2.74. The van der Waals surface area contributed by atoms with Gasteiger partial charge in [0.15, 0.2) is 0 Å². The Hall–Kier alpha value is -1.32. The van der Waals surface area contributed by atoms with Gasteiger partial charge in [-0.05, 0) is 30.2 Å². The van der Waals surface area contributed by atoms with Crippen LogP contribution in [-0.4, -0.2) is 22.1 Å². The van der Waals surface area contributed by atoms with Crippen LogP contribution in [0.15, 0.2) is 12.3 Å². The molecule has 1 aliphatic rings. The van der Waals surface area contributed by atoms with Crippen LogP contribution in [-0.2, 0) is 0 Å². The van der Waals surface area contributed by atoms with Crippen molar-refractivity contribution in [3.8, 4) is 0 Å². The number of rotatable bonds is 2. The number of aromatic nitrogens is 2. The summed E-state index contributed by atoms with van der Waals surface area (Å²) < 4.78 is 0. The third-order valence-electron chi connectivity index (χ3n) is 3.94. The van der Waals surface area contributed by atoms with E-state index in [0.717, 1.165) is 6.42 Å². The van der Waals surface area contributed by atoms with E-state index in [1.807, 2.05) is 0 Å². The van der Waals surface area contributed by atoms with E-state index in [9.17, 15) is 4.79 Å². The molecule has 2 atom stereocenters. The number of aromatic amines is 1. The summed E-state index contributed by atoms with van der Waals surface area (Å²) in [5.74, 6) is 0.520. The summed E-state index contributed by atoms with van der Waals surface area (Å²) in [7, 11) is 0. The monoisotopic (exact) mass is 249 g/mol. The van der Waals surface area contributed by atoms with Crippen LogP contribution >= 0.6 is 0 Å². The molecule has 1 fully saturated rings. The fraction of sp³-hybridized carbons (Fsp3) is 0.714. The summed E-state index contributed by atoms with van der Waals surface area (Å²) in [6.45, 7) is 6.79. The van der Waals surface area contributed by atoms with Gasteiger partial charge in [-0.3, -0.25) is 9.89 Å². The van der Waals surface area contributed by atoms with Gasteiger partial charge in [0, 0.05) is 12.2 Å². The molecule has 0 aliphatic heterocycles. The summed E-state index contributed by atoms with van der Waals surface area (Å²) in [6, 6.07) is 2.00. The highest BCUT2D eigenvalue weighted by atomic mass is 16.2. The molecule has 2 N–H and O–H groups in total. The lowest BCUT2D eigenvalue weighted by Gasteiger charge is -2.40. The van der Waals surface area contributed by atoms with E-state index in [1.165, 1.54) is 19.3 Å². The SMILES string of the molecule is CC(C)(C)C1CCCCC1NC(=O)c1ccn[nH]1. The van der Waals surface area contributed by atoms with Gasteiger partial charge in [0.2, 0.25) is 0 Å². The van der Waals surface area contributed by atoms with Gasteiger partial charge in [-0.1, -0.05) is 33.6 Å². The zero-order valence-electron chi connectivity index (χ0n) is 11.5. The van der Waals surface area contributed by atoms with Gasteiger partial charge in [0.05, 0.1) is 0 Å². The Morgan fingerprint density at radius 1 is 1.39 bits per heavy atom. The Kier molecular flexibility index (Phi) is 3.73. The van der Waals surface area contributed by atoms with Crippen molar-refractivity contribution in [2.45, 2.75) is 52.5 Å². The number of hydrogen-bond donors (Lipinski definition) is 2. The average Bonchev–Trinajstić information content (AvgIpc) is 2.81. The highest BCUT2D eigenvalue weighted by Gasteiger charge is 2.35. The lowest BCUT2D eigenvalue weighted by Crippen LogP contribution is -2.46. The van der Waals surface area contributed by atoms with Crippen molar-refractivity contribution < 1.29 is 4.79 Å². The van der Waals surface area contributed by atoms with Gasteiger partial charge in [0.1, 0.15) is 5.69 Å². The van der Waals surface area contributed by atoms with E-state index >= 15 is 0 Å². The van der Waals surface area contributed by atoms with Crippen molar-refractivity contribution in [1.82, 2.24) is 15.5 Å². The van der Waals surface area contributed by atoms with E-state index < -0.39 is 0 Å². The highest BCUT2D eigenvalue weighted by Crippen LogP contribution is 2.38. The second-order valence-corrected chi connectivity index (χ2v) is 6.31. The molecule has 0 saturated heterocycles. The van der Waals surface area contributed by atoms with Gasteiger partial charge >= 0.3 is 0 Å². The summed E-state index contributed by atoms with van der Waals surface area (Å²) in [6.07, 6.45) is 6.38. The average molecular weight is 249 g/mol. The topological polar surface area (TPSA) is 57.8 Å². The van der Waals surface area contributed by atoms with Gasteiger partial charge in [-0.25, -0.2) is 0 Å². The zero-order chi connectivity index (χ0) is 13.2. The molecule has 4 heteroatoms. The molecule has 1 saturated carbocycles. The number of amides is 1. The molecule has 2 rings (SSSR count). The fourth-order valence-corrected chi connectivity index (χ4v) is 2.97. The maximum atomic E-state index is 12.1. The van der Waals surface area contributed by atoms with E-state index in [-0.39, 0.29) is 17.4 Å². The Morgan fingerprint density at radius 3 is 2.72 bits per heavy atom. The molecule has 18 heavy (non-hydrogen) atoms.